The summed E-state index contributed by atoms with van der Waals surface area (Å²) in [4.78, 5) is 7.57. The molecule has 4 heteroatoms. The van der Waals surface area contributed by atoms with Gasteiger partial charge >= 0.3 is 0 Å². The van der Waals surface area contributed by atoms with Crippen LogP contribution in [0.15, 0.2) is 37.4 Å². The molecule has 0 spiro atoms. The van der Waals surface area contributed by atoms with Crippen LogP contribution in [0.5, 0.6) is 0 Å². The van der Waals surface area contributed by atoms with Gasteiger partial charge < -0.3 is 9.13 Å². The Morgan fingerprint density at radius 3 is 1.33 bits per heavy atom. The Balaban J connectivity index is 0.000000120. The second-order valence-corrected chi connectivity index (χ2v) is 2.46. The Morgan fingerprint density at radius 2 is 1.25 bits per heavy atom. The first kappa shape index (κ1) is 8.52. The fraction of sp³-hybridized carbons (Fsp3) is 0.250. The lowest BCUT2D eigenvalue weighted by Crippen LogP contribution is -1.76. The van der Waals surface area contributed by atoms with Crippen molar-refractivity contribution in [1.29, 1.82) is 0 Å². The molecule has 0 atom stereocenters. The molecule has 0 fully saturated rings. The molecule has 0 amide bonds. The summed E-state index contributed by atoms with van der Waals surface area (Å²) in [6, 6.07) is 0. The molecule has 64 valence electrons. The van der Waals surface area contributed by atoms with Crippen molar-refractivity contribution in [3.63, 3.8) is 0 Å². The Labute approximate surface area is 71.5 Å². The maximum atomic E-state index is 3.78. The molecular weight excluding hydrogens is 152 g/mol. The monoisotopic (exact) mass is 164 g/mol. The minimum atomic E-state index is 1.75. The molecule has 0 aliphatic carbocycles. The van der Waals surface area contributed by atoms with Gasteiger partial charge in [-0.05, 0) is 0 Å². The number of imidazole rings is 2. The van der Waals surface area contributed by atoms with Gasteiger partial charge in [0.2, 0.25) is 0 Å². The second-order valence-electron chi connectivity index (χ2n) is 2.46. The van der Waals surface area contributed by atoms with Crippen molar-refractivity contribution in [1.82, 2.24) is 19.1 Å². The van der Waals surface area contributed by atoms with Gasteiger partial charge in [0.15, 0.2) is 0 Å². The lowest BCUT2D eigenvalue weighted by molar-refractivity contribution is 0.913. The summed E-state index contributed by atoms with van der Waals surface area (Å²) in [7, 11) is 3.88. The third-order valence-corrected chi connectivity index (χ3v) is 1.27. The Kier molecular flexibility index (Phi) is 3.07. The number of nitrogens with zero attached hydrogens (tertiary/aromatic N) is 4. The Bertz CT molecular complexity index is 250. The predicted molar refractivity (Wildman–Crippen MR) is 46.4 cm³/mol. The summed E-state index contributed by atoms with van der Waals surface area (Å²) < 4.78 is 3.78. The molecule has 12 heavy (non-hydrogen) atoms. The Morgan fingerprint density at radius 1 is 0.833 bits per heavy atom. The molecule has 0 aromatic carbocycles. The number of hydrogen-bond acceptors (Lipinski definition) is 2. The molecular formula is C8H12N4. The average Bonchev–Trinajstić information content (AvgIpc) is 2.63. The van der Waals surface area contributed by atoms with E-state index < -0.39 is 0 Å². The average molecular weight is 164 g/mol. The van der Waals surface area contributed by atoms with Crippen LogP contribution in [0, 0.1) is 0 Å². The second kappa shape index (κ2) is 4.33. The van der Waals surface area contributed by atoms with Crippen LogP contribution in [0.2, 0.25) is 0 Å². The molecule has 0 aliphatic rings. The molecule has 0 saturated carbocycles. The zero-order valence-electron chi connectivity index (χ0n) is 7.25. The fourth-order valence-corrected chi connectivity index (χ4v) is 0.652. The maximum Gasteiger partial charge on any atom is 0.0943 e. The van der Waals surface area contributed by atoms with Crippen molar-refractivity contribution in [2.45, 2.75) is 0 Å². The lowest BCUT2D eigenvalue weighted by Gasteiger charge is -1.76. The van der Waals surface area contributed by atoms with Gasteiger partial charge in [-0.15, -0.1) is 0 Å². The van der Waals surface area contributed by atoms with Gasteiger partial charge in [-0.2, -0.15) is 0 Å². The smallest absolute Gasteiger partial charge is 0.0943 e. The third-order valence-electron chi connectivity index (χ3n) is 1.27. The van der Waals surface area contributed by atoms with Crippen LogP contribution in [-0.2, 0) is 14.1 Å². The van der Waals surface area contributed by atoms with Crippen molar-refractivity contribution in [3.8, 4) is 0 Å². The summed E-state index contributed by atoms with van der Waals surface area (Å²) in [5.41, 5.74) is 0. The molecule has 0 unspecified atom stereocenters. The van der Waals surface area contributed by atoms with Crippen molar-refractivity contribution >= 4 is 0 Å². The van der Waals surface area contributed by atoms with E-state index in [2.05, 4.69) is 9.97 Å². The highest BCUT2D eigenvalue weighted by molar-refractivity contribution is 4.70. The largest absolute Gasteiger partial charge is 0.341 e. The fourth-order valence-electron chi connectivity index (χ4n) is 0.652. The molecule has 0 radical (unpaired) electrons. The first-order valence-electron chi connectivity index (χ1n) is 3.63. The van der Waals surface area contributed by atoms with E-state index in [1.807, 2.05) is 35.6 Å². The van der Waals surface area contributed by atoms with Crippen LogP contribution in [-0.4, -0.2) is 19.1 Å². The highest BCUT2D eigenvalue weighted by Gasteiger charge is 1.69. The normalized spacial score (nSPS) is 8.83. The Hall–Kier alpha value is -1.58. The van der Waals surface area contributed by atoms with E-state index >= 15 is 0 Å². The summed E-state index contributed by atoms with van der Waals surface area (Å²) in [6.07, 6.45) is 10.8. The van der Waals surface area contributed by atoms with Crippen LogP contribution in [0.25, 0.3) is 0 Å². The number of hydrogen-bond donors (Lipinski definition) is 0. The van der Waals surface area contributed by atoms with Crippen molar-refractivity contribution in [2.24, 2.45) is 14.1 Å². The number of rotatable bonds is 0. The van der Waals surface area contributed by atoms with Crippen LogP contribution >= 0.6 is 0 Å². The molecule has 0 bridgehead atoms. The zero-order valence-corrected chi connectivity index (χ0v) is 7.25. The van der Waals surface area contributed by atoms with E-state index in [1.165, 1.54) is 0 Å². The highest BCUT2D eigenvalue weighted by atomic mass is 15.0. The minimum absolute atomic E-state index is 1.75. The maximum absolute atomic E-state index is 3.78. The van der Waals surface area contributed by atoms with Crippen LogP contribution in [0.1, 0.15) is 0 Å². The number of aryl methyl sites for hydroxylation is 2. The van der Waals surface area contributed by atoms with Crippen LogP contribution < -0.4 is 0 Å². The molecule has 4 nitrogen and oxygen atoms in total. The minimum Gasteiger partial charge on any atom is -0.341 e. The summed E-state index contributed by atoms with van der Waals surface area (Å²) >= 11 is 0. The first-order chi connectivity index (χ1) is 5.79. The summed E-state index contributed by atoms with van der Waals surface area (Å²) in [6.45, 7) is 0. The lowest BCUT2D eigenvalue weighted by atomic mass is 10.9. The van der Waals surface area contributed by atoms with E-state index in [0.717, 1.165) is 0 Å². The van der Waals surface area contributed by atoms with E-state index in [0.29, 0.717) is 0 Å². The van der Waals surface area contributed by atoms with E-state index in [1.54, 1.807) is 25.0 Å². The molecule has 2 aromatic rings. The standard InChI is InChI=1S/2C4H6N2/c2*1-6-3-2-5-4-6/h2*2-4H,1H3. The van der Waals surface area contributed by atoms with Gasteiger partial charge in [-0.1, -0.05) is 0 Å². The van der Waals surface area contributed by atoms with Crippen LogP contribution in [0.4, 0.5) is 0 Å². The molecule has 2 aromatic heterocycles. The first-order valence-corrected chi connectivity index (χ1v) is 3.63. The van der Waals surface area contributed by atoms with Gasteiger partial charge in [-0.25, -0.2) is 9.97 Å². The topological polar surface area (TPSA) is 35.6 Å². The third kappa shape index (κ3) is 3.01. The summed E-state index contributed by atoms with van der Waals surface area (Å²) in [5, 5.41) is 0. The molecule has 2 heterocycles. The van der Waals surface area contributed by atoms with Crippen molar-refractivity contribution in [3.05, 3.63) is 37.4 Å². The van der Waals surface area contributed by atoms with Gasteiger partial charge in [0.25, 0.3) is 0 Å². The van der Waals surface area contributed by atoms with Crippen molar-refractivity contribution in [2.75, 3.05) is 0 Å². The SMILES string of the molecule is Cn1ccnc1.Cn1ccnc1. The molecule has 0 aliphatic heterocycles. The number of aromatic nitrogens is 4. The van der Waals surface area contributed by atoms with Gasteiger partial charge in [-0.3, -0.25) is 0 Å². The van der Waals surface area contributed by atoms with Crippen LogP contribution in [0.3, 0.4) is 0 Å². The molecule has 0 N–H and O–H groups in total. The predicted octanol–water partition coefficient (Wildman–Crippen LogP) is 0.840. The van der Waals surface area contributed by atoms with E-state index in [4.69, 9.17) is 0 Å². The molecule has 0 saturated heterocycles. The van der Waals surface area contributed by atoms with E-state index in [9.17, 15) is 0 Å². The summed E-state index contributed by atoms with van der Waals surface area (Å²) in [5.74, 6) is 0. The van der Waals surface area contributed by atoms with E-state index in [-0.39, 0.29) is 0 Å². The molecule has 2 rings (SSSR count). The van der Waals surface area contributed by atoms with Gasteiger partial charge in [0, 0.05) is 38.9 Å². The zero-order chi connectivity index (χ0) is 8.81. The quantitative estimate of drug-likeness (QED) is 0.578. The highest BCUT2D eigenvalue weighted by Crippen LogP contribution is 1.74. The van der Waals surface area contributed by atoms with Crippen molar-refractivity contribution < 1.29 is 0 Å². The van der Waals surface area contributed by atoms with Gasteiger partial charge in [0.05, 0.1) is 12.7 Å². The van der Waals surface area contributed by atoms with Gasteiger partial charge in [0.1, 0.15) is 0 Å².